The van der Waals surface area contributed by atoms with E-state index in [0.29, 0.717) is 0 Å². The van der Waals surface area contributed by atoms with E-state index < -0.39 is 37.1 Å². The SMILES string of the molecule is O=C[C@@H](O)[C@@H](O)[C@H](O)[C@@H](O)[C@@H](O)CO. The van der Waals surface area contributed by atoms with Gasteiger partial charge in [-0.3, -0.25) is 0 Å². The Hall–Kier alpha value is -0.570. The lowest BCUT2D eigenvalue weighted by atomic mass is 10.0. The molecule has 6 N–H and O–H groups in total. The minimum Gasteiger partial charge on any atom is -0.394 e. The maximum Gasteiger partial charge on any atom is 0.151 e. The van der Waals surface area contributed by atoms with E-state index in [1.165, 1.54) is 0 Å². The van der Waals surface area contributed by atoms with Gasteiger partial charge in [0.2, 0.25) is 0 Å². The van der Waals surface area contributed by atoms with Crippen LogP contribution in [-0.4, -0.2) is 74.1 Å². The van der Waals surface area contributed by atoms with Crippen LogP contribution < -0.4 is 0 Å². The zero-order valence-corrected chi connectivity index (χ0v) is 7.26. The van der Waals surface area contributed by atoms with Gasteiger partial charge in [-0.05, 0) is 0 Å². The summed E-state index contributed by atoms with van der Waals surface area (Å²) in [6.07, 6.45) is -9.21. The first-order valence-electron chi connectivity index (χ1n) is 3.92. The Morgan fingerprint density at radius 2 is 1.43 bits per heavy atom. The van der Waals surface area contributed by atoms with Gasteiger partial charge in [-0.25, -0.2) is 0 Å². The molecule has 0 unspecified atom stereocenters. The lowest BCUT2D eigenvalue weighted by molar-refractivity contribution is -0.147. The average molecular weight is 210 g/mol. The Labute approximate surface area is 79.9 Å². The number of carbonyl (C=O) groups excluding carboxylic acids is 1. The molecule has 0 saturated carbocycles. The van der Waals surface area contributed by atoms with Gasteiger partial charge in [0.25, 0.3) is 0 Å². The standard InChI is InChI=1S/C7H14O7/c8-1-3(10)5(12)7(14)6(13)4(11)2-9/h1,3-7,9-14H,2H2/t3-,4+,5-,6+,7+/m1/s1. The third-order valence-corrected chi connectivity index (χ3v) is 1.77. The summed E-state index contributed by atoms with van der Waals surface area (Å²) in [6.45, 7) is -0.817. The first-order chi connectivity index (χ1) is 6.45. The molecule has 0 rings (SSSR count). The second kappa shape index (κ2) is 6.02. The Morgan fingerprint density at radius 3 is 1.79 bits per heavy atom. The largest absolute Gasteiger partial charge is 0.394 e. The third kappa shape index (κ3) is 3.29. The van der Waals surface area contributed by atoms with Crippen molar-refractivity contribution >= 4 is 6.29 Å². The monoisotopic (exact) mass is 210 g/mol. The average Bonchev–Trinajstić information content (AvgIpc) is 2.23. The summed E-state index contributed by atoms with van der Waals surface area (Å²) in [5.41, 5.74) is 0. The zero-order valence-electron chi connectivity index (χ0n) is 7.26. The Kier molecular flexibility index (Phi) is 5.77. The summed E-state index contributed by atoms with van der Waals surface area (Å²) in [6, 6.07) is 0. The van der Waals surface area contributed by atoms with E-state index in [2.05, 4.69) is 0 Å². The molecule has 14 heavy (non-hydrogen) atoms. The van der Waals surface area contributed by atoms with Gasteiger partial charge < -0.3 is 35.4 Å². The van der Waals surface area contributed by atoms with Gasteiger partial charge in [0.15, 0.2) is 6.29 Å². The summed E-state index contributed by atoms with van der Waals surface area (Å²) in [5, 5.41) is 53.2. The van der Waals surface area contributed by atoms with Crippen LogP contribution in [0.15, 0.2) is 0 Å². The summed E-state index contributed by atoms with van der Waals surface area (Å²) in [5.74, 6) is 0. The summed E-state index contributed by atoms with van der Waals surface area (Å²) >= 11 is 0. The fraction of sp³-hybridized carbons (Fsp3) is 0.857. The molecule has 0 radical (unpaired) electrons. The smallest absolute Gasteiger partial charge is 0.151 e. The number of hydrogen-bond acceptors (Lipinski definition) is 7. The molecule has 7 heteroatoms. The van der Waals surface area contributed by atoms with Crippen molar-refractivity contribution in [2.24, 2.45) is 0 Å². The van der Waals surface area contributed by atoms with Gasteiger partial charge in [-0.1, -0.05) is 0 Å². The maximum atomic E-state index is 10.00. The van der Waals surface area contributed by atoms with E-state index in [-0.39, 0.29) is 6.29 Å². The molecular weight excluding hydrogens is 196 g/mol. The minimum absolute atomic E-state index is 0.0219. The van der Waals surface area contributed by atoms with Crippen molar-refractivity contribution in [1.29, 1.82) is 0 Å². The first kappa shape index (κ1) is 13.4. The molecule has 84 valence electrons. The maximum absolute atomic E-state index is 10.00. The molecular formula is C7H14O7. The van der Waals surface area contributed by atoms with Crippen molar-refractivity contribution < 1.29 is 35.4 Å². The van der Waals surface area contributed by atoms with Crippen LogP contribution in [0, 0.1) is 0 Å². The van der Waals surface area contributed by atoms with Crippen molar-refractivity contribution in [3.63, 3.8) is 0 Å². The second-order valence-electron chi connectivity index (χ2n) is 2.85. The van der Waals surface area contributed by atoms with Gasteiger partial charge in [0.1, 0.15) is 30.5 Å². The van der Waals surface area contributed by atoms with Crippen LogP contribution in [0.5, 0.6) is 0 Å². The quantitative estimate of drug-likeness (QED) is 0.245. The van der Waals surface area contributed by atoms with Gasteiger partial charge in [0, 0.05) is 0 Å². The van der Waals surface area contributed by atoms with Gasteiger partial charge >= 0.3 is 0 Å². The molecule has 0 aliphatic rings. The van der Waals surface area contributed by atoms with E-state index >= 15 is 0 Å². The number of aliphatic hydroxyl groups is 6. The summed E-state index contributed by atoms with van der Waals surface area (Å²) in [4.78, 5) is 10.00. The molecule has 0 aliphatic heterocycles. The fourth-order valence-electron chi connectivity index (χ4n) is 0.820. The summed E-state index contributed by atoms with van der Waals surface area (Å²) < 4.78 is 0. The highest BCUT2D eigenvalue weighted by atomic mass is 16.4. The van der Waals surface area contributed by atoms with Crippen LogP contribution in [0.25, 0.3) is 0 Å². The van der Waals surface area contributed by atoms with Crippen LogP contribution >= 0.6 is 0 Å². The Bertz CT molecular complexity index is 173. The highest BCUT2D eigenvalue weighted by molar-refractivity contribution is 5.56. The molecule has 0 aliphatic carbocycles. The normalized spacial score (nSPS) is 22.1. The molecule has 0 heterocycles. The second-order valence-corrected chi connectivity index (χ2v) is 2.85. The van der Waals surface area contributed by atoms with Crippen molar-refractivity contribution in [2.45, 2.75) is 30.5 Å². The zero-order chi connectivity index (χ0) is 11.3. The first-order valence-corrected chi connectivity index (χ1v) is 3.92. The van der Waals surface area contributed by atoms with Gasteiger partial charge in [-0.2, -0.15) is 0 Å². The molecule has 0 aromatic rings. The van der Waals surface area contributed by atoms with Crippen molar-refractivity contribution in [3.8, 4) is 0 Å². The summed E-state index contributed by atoms with van der Waals surface area (Å²) in [7, 11) is 0. The highest BCUT2D eigenvalue weighted by Crippen LogP contribution is 2.07. The molecule has 0 bridgehead atoms. The molecule has 0 spiro atoms. The Morgan fingerprint density at radius 1 is 0.929 bits per heavy atom. The molecule has 5 atom stereocenters. The van der Waals surface area contributed by atoms with E-state index in [0.717, 1.165) is 0 Å². The molecule has 0 amide bonds. The topological polar surface area (TPSA) is 138 Å². The van der Waals surface area contributed by atoms with E-state index in [1.807, 2.05) is 0 Å². The molecule has 0 fully saturated rings. The lowest BCUT2D eigenvalue weighted by Gasteiger charge is -2.26. The van der Waals surface area contributed by atoms with Crippen LogP contribution in [-0.2, 0) is 4.79 Å². The third-order valence-electron chi connectivity index (χ3n) is 1.77. The number of carbonyl (C=O) groups is 1. The predicted octanol–water partition coefficient (Wildman–Crippen LogP) is -4.02. The molecule has 0 aromatic heterocycles. The van der Waals surface area contributed by atoms with Crippen LogP contribution in [0.2, 0.25) is 0 Å². The van der Waals surface area contributed by atoms with E-state index in [9.17, 15) is 4.79 Å². The van der Waals surface area contributed by atoms with E-state index in [4.69, 9.17) is 30.6 Å². The van der Waals surface area contributed by atoms with Gasteiger partial charge in [-0.15, -0.1) is 0 Å². The molecule has 0 aromatic carbocycles. The van der Waals surface area contributed by atoms with E-state index in [1.54, 1.807) is 0 Å². The number of aliphatic hydroxyl groups excluding tert-OH is 6. The number of rotatable bonds is 6. The van der Waals surface area contributed by atoms with Crippen molar-refractivity contribution in [2.75, 3.05) is 6.61 Å². The van der Waals surface area contributed by atoms with Gasteiger partial charge in [0.05, 0.1) is 6.61 Å². The van der Waals surface area contributed by atoms with Crippen LogP contribution in [0.4, 0.5) is 0 Å². The highest BCUT2D eigenvalue weighted by Gasteiger charge is 2.33. The number of hydrogen-bond donors (Lipinski definition) is 6. The number of aldehydes is 1. The van der Waals surface area contributed by atoms with Crippen LogP contribution in [0.1, 0.15) is 0 Å². The van der Waals surface area contributed by atoms with Crippen molar-refractivity contribution in [3.05, 3.63) is 0 Å². The van der Waals surface area contributed by atoms with Crippen molar-refractivity contribution in [1.82, 2.24) is 0 Å². The fourth-order valence-corrected chi connectivity index (χ4v) is 0.820. The minimum atomic E-state index is -1.92. The Balaban J connectivity index is 4.29. The molecule has 0 saturated heterocycles. The van der Waals surface area contributed by atoms with Crippen LogP contribution in [0.3, 0.4) is 0 Å². The molecule has 7 nitrogen and oxygen atoms in total. The predicted molar refractivity (Wildman–Crippen MR) is 43.2 cm³/mol. The lowest BCUT2D eigenvalue weighted by Crippen LogP contribution is -2.50.